The molecule has 128 valence electrons. The standard InChI is InChI=1S/C19H19N3O3/c1-13-15(21-19(25-13)17-8-5-11-24-17)12-22-16-7-3-2-6-14(16)20-18(22)9-4-10-23/h2-3,5-8,11,23H,4,9-10,12H2,1H3. The molecule has 1 N–H and O–H groups in total. The molecule has 4 rings (SSSR count). The quantitative estimate of drug-likeness (QED) is 0.582. The van der Waals surface area contributed by atoms with Gasteiger partial charge in [-0.05, 0) is 37.6 Å². The molecule has 0 aliphatic rings. The predicted molar refractivity (Wildman–Crippen MR) is 93.2 cm³/mol. The highest BCUT2D eigenvalue weighted by Crippen LogP contribution is 2.24. The van der Waals surface area contributed by atoms with Gasteiger partial charge in [0.2, 0.25) is 0 Å². The molecule has 0 aliphatic heterocycles. The number of benzene rings is 1. The molecular weight excluding hydrogens is 318 g/mol. The monoisotopic (exact) mass is 337 g/mol. The third kappa shape index (κ3) is 2.96. The summed E-state index contributed by atoms with van der Waals surface area (Å²) >= 11 is 0. The van der Waals surface area contributed by atoms with Crippen LogP contribution in [0.3, 0.4) is 0 Å². The van der Waals surface area contributed by atoms with Gasteiger partial charge in [0.05, 0.1) is 23.8 Å². The Bertz CT molecular complexity index is 983. The fourth-order valence-corrected chi connectivity index (χ4v) is 2.96. The van der Waals surface area contributed by atoms with Gasteiger partial charge < -0.3 is 18.5 Å². The van der Waals surface area contributed by atoms with E-state index in [1.807, 2.05) is 43.3 Å². The number of oxazole rings is 1. The molecule has 0 atom stereocenters. The minimum absolute atomic E-state index is 0.148. The van der Waals surface area contributed by atoms with Crippen LogP contribution >= 0.6 is 0 Å². The fraction of sp³-hybridized carbons (Fsp3) is 0.263. The average Bonchev–Trinajstić information content (AvgIpc) is 3.34. The van der Waals surface area contributed by atoms with Crippen LogP contribution in [-0.2, 0) is 13.0 Å². The summed E-state index contributed by atoms with van der Waals surface area (Å²) in [7, 11) is 0. The van der Waals surface area contributed by atoms with Gasteiger partial charge in [-0.1, -0.05) is 12.1 Å². The summed E-state index contributed by atoms with van der Waals surface area (Å²) in [5.41, 5.74) is 2.85. The second-order valence-corrected chi connectivity index (χ2v) is 5.93. The molecule has 4 aromatic rings. The van der Waals surface area contributed by atoms with E-state index in [4.69, 9.17) is 18.9 Å². The lowest BCUT2D eigenvalue weighted by Gasteiger charge is -2.07. The lowest BCUT2D eigenvalue weighted by atomic mass is 10.3. The van der Waals surface area contributed by atoms with Gasteiger partial charge in [-0.15, -0.1) is 0 Å². The molecule has 0 radical (unpaired) electrons. The topological polar surface area (TPSA) is 77.2 Å². The van der Waals surface area contributed by atoms with E-state index in [1.165, 1.54) is 0 Å². The first-order valence-electron chi connectivity index (χ1n) is 8.31. The predicted octanol–water partition coefficient (Wildman–Crippen LogP) is 3.57. The summed E-state index contributed by atoms with van der Waals surface area (Å²) in [6.07, 6.45) is 3.00. The molecule has 0 saturated carbocycles. The fourth-order valence-electron chi connectivity index (χ4n) is 2.96. The number of furan rings is 1. The molecule has 0 unspecified atom stereocenters. The Balaban J connectivity index is 1.73. The van der Waals surface area contributed by atoms with Crippen LogP contribution in [0.25, 0.3) is 22.7 Å². The maximum atomic E-state index is 9.16. The van der Waals surface area contributed by atoms with Gasteiger partial charge in [-0.2, -0.15) is 0 Å². The van der Waals surface area contributed by atoms with Gasteiger partial charge >= 0.3 is 0 Å². The van der Waals surface area contributed by atoms with Crippen molar-refractivity contribution in [3.05, 3.63) is 59.9 Å². The highest BCUT2D eigenvalue weighted by molar-refractivity contribution is 5.76. The van der Waals surface area contributed by atoms with E-state index in [-0.39, 0.29) is 6.61 Å². The molecule has 6 heteroatoms. The van der Waals surface area contributed by atoms with Crippen LogP contribution in [0.2, 0.25) is 0 Å². The highest BCUT2D eigenvalue weighted by Gasteiger charge is 2.17. The lowest BCUT2D eigenvalue weighted by molar-refractivity contribution is 0.287. The van der Waals surface area contributed by atoms with E-state index in [0.29, 0.717) is 31.0 Å². The number of aryl methyl sites for hydroxylation is 2. The first-order valence-corrected chi connectivity index (χ1v) is 8.31. The van der Waals surface area contributed by atoms with E-state index >= 15 is 0 Å². The molecule has 0 amide bonds. The Labute approximate surface area is 144 Å². The van der Waals surface area contributed by atoms with Gasteiger partial charge in [0.25, 0.3) is 5.89 Å². The van der Waals surface area contributed by atoms with Gasteiger partial charge in [-0.25, -0.2) is 9.97 Å². The Kier molecular flexibility index (Phi) is 4.11. The van der Waals surface area contributed by atoms with Crippen molar-refractivity contribution in [1.29, 1.82) is 0 Å². The van der Waals surface area contributed by atoms with Crippen molar-refractivity contribution in [2.24, 2.45) is 0 Å². The van der Waals surface area contributed by atoms with Crippen LogP contribution in [0.1, 0.15) is 23.7 Å². The average molecular weight is 337 g/mol. The summed E-state index contributed by atoms with van der Waals surface area (Å²) in [5.74, 6) is 2.80. The molecule has 0 saturated heterocycles. The molecule has 0 spiro atoms. The summed E-state index contributed by atoms with van der Waals surface area (Å²) in [4.78, 5) is 9.30. The number of fused-ring (bicyclic) bond motifs is 1. The summed E-state index contributed by atoms with van der Waals surface area (Å²) in [6, 6.07) is 11.7. The Hall–Kier alpha value is -2.86. The summed E-state index contributed by atoms with van der Waals surface area (Å²) in [6.45, 7) is 2.62. The summed E-state index contributed by atoms with van der Waals surface area (Å²) < 4.78 is 13.3. The molecule has 0 bridgehead atoms. The van der Waals surface area contributed by atoms with Crippen LogP contribution in [0.15, 0.2) is 51.5 Å². The number of aromatic nitrogens is 3. The van der Waals surface area contributed by atoms with Crippen molar-refractivity contribution in [3.8, 4) is 11.7 Å². The zero-order valence-corrected chi connectivity index (χ0v) is 14.0. The van der Waals surface area contributed by atoms with E-state index in [9.17, 15) is 0 Å². The van der Waals surface area contributed by atoms with Gasteiger partial charge in [0.15, 0.2) is 5.76 Å². The molecular formula is C19H19N3O3. The molecule has 3 heterocycles. The van der Waals surface area contributed by atoms with Crippen LogP contribution in [0.4, 0.5) is 0 Å². The third-order valence-corrected chi connectivity index (χ3v) is 4.22. The first kappa shape index (κ1) is 15.7. The van der Waals surface area contributed by atoms with Crippen LogP contribution < -0.4 is 0 Å². The molecule has 3 aromatic heterocycles. The number of aliphatic hydroxyl groups excluding tert-OH is 1. The maximum Gasteiger partial charge on any atom is 0.263 e. The maximum absolute atomic E-state index is 9.16. The number of rotatable bonds is 6. The van der Waals surface area contributed by atoms with Crippen molar-refractivity contribution in [2.75, 3.05) is 6.61 Å². The van der Waals surface area contributed by atoms with Crippen molar-refractivity contribution >= 4 is 11.0 Å². The Morgan fingerprint density at radius 2 is 2.00 bits per heavy atom. The minimum atomic E-state index is 0.148. The number of hydrogen-bond acceptors (Lipinski definition) is 5. The third-order valence-electron chi connectivity index (χ3n) is 4.22. The zero-order chi connectivity index (χ0) is 17.2. The minimum Gasteiger partial charge on any atom is -0.459 e. The van der Waals surface area contributed by atoms with Crippen molar-refractivity contribution in [1.82, 2.24) is 14.5 Å². The second-order valence-electron chi connectivity index (χ2n) is 5.93. The smallest absolute Gasteiger partial charge is 0.263 e. The zero-order valence-electron chi connectivity index (χ0n) is 14.0. The molecule has 1 aromatic carbocycles. The second kappa shape index (κ2) is 6.57. The molecule has 6 nitrogen and oxygen atoms in total. The van der Waals surface area contributed by atoms with Crippen molar-refractivity contribution in [3.63, 3.8) is 0 Å². The Morgan fingerprint density at radius 3 is 2.80 bits per heavy atom. The van der Waals surface area contributed by atoms with Crippen LogP contribution in [0.5, 0.6) is 0 Å². The SMILES string of the molecule is Cc1oc(-c2ccco2)nc1Cn1c(CCCO)nc2ccccc21. The highest BCUT2D eigenvalue weighted by atomic mass is 16.4. The largest absolute Gasteiger partial charge is 0.459 e. The van der Waals surface area contributed by atoms with E-state index < -0.39 is 0 Å². The van der Waals surface area contributed by atoms with E-state index in [2.05, 4.69) is 9.55 Å². The van der Waals surface area contributed by atoms with Gasteiger partial charge in [0, 0.05) is 13.0 Å². The summed E-state index contributed by atoms with van der Waals surface area (Å²) in [5, 5.41) is 9.16. The van der Waals surface area contributed by atoms with Crippen molar-refractivity contribution in [2.45, 2.75) is 26.3 Å². The Morgan fingerprint density at radius 1 is 1.12 bits per heavy atom. The van der Waals surface area contributed by atoms with E-state index in [1.54, 1.807) is 6.26 Å². The first-order chi connectivity index (χ1) is 12.3. The number of imidazole rings is 1. The molecule has 0 aliphatic carbocycles. The van der Waals surface area contributed by atoms with E-state index in [0.717, 1.165) is 28.3 Å². The normalized spacial score (nSPS) is 11.4. The van der Waals surface area contributed by atoms with Crippen molar-refractivity contribution < 1.29 is 13.9 Å². The van der Waals surface area contributed by atoms with Gasteiger partial charge in [0.1, 0.15) is 17.3 Å². The van der Waals surface area contributed by atoms with Crippen LogP contribution in [-0.4, -0.2) is 26.2 Å². The number of nitrogens with zero attached hydrogens (tertiary/aromatic N) is 3. The lowest BCUT2D eigenvalue weighted by Crippen LogP contribution is -2.07. The number of hydrogen-bond donors (Lipinski definition) is 1. The van der Waals surface area contributed by atoms with Gasteiger partial charge in [-0.3, -0.25) is 0 Å². The van der Waals surface area contributed by atoms with Crippen LogP contribution in [0, 0.1) is 6.92 Å². The number of aliphatic hydroxyl groups is 1. The molecule has 0 fully saturated rings. The molecule has 25 heavy (non-hydrogen) atoms. The number of para-hydroxylation sites is 2.